The average Bonchev–Trinajstić information content (AvgIpc) is 2.46. The molecule has 0 radical (unpaired) electrons. The molecule has 1 N–H and O–H groups in total. The van der Waals surface area contributed by atoms with Crippen molar-refractivity contribution in [3.05, 3.63) is 44.7 Å². The van der Waals surface area contributed by atoms with E-state index < -0.39 is 0 Å². The number of aromatic nitrogens is 1. The number of rotatable bonds is 2. The quantitative estimate of drug-likeness (QED) is 0.918. The summed E-state index contributed by atoms with van der Waals surface area (Å²) in [7, 11) is 0. The Hall–Kier alpha value is -1.32. The van der Waals surface area contributed by atoms with E-state index in [4.69, 9.17) is 11.6 Å². The van der Waals surface area contributed by atoms with E-state index >= 15 is 0 Å². The van der Waals surface area contributed by atoms with Gasteiger partial charge in [-0.2, -0.15) is 0 Å². The predicted octanol–water partition coefficient (Wildman–Crippen LogP) is 3.72. The van der Waals surface area contributed by atoms with Gasteiger partial charge in [-0.3, -0.25) is 9.69 Å². The zero-order valence-electron chi connectivity index (χ0n) is 12.6. The number of fused-ring (bicyclic) bond motifs is 1. The molecule has 4 heteroatoms. The fraction of sp³-hybridized carbons (Fsp3) is 0.471. The van der Waals surface area contributed by atoms with Crippen LogP contribution in [0.3, 0.4) is 0 Å². The molecule has 0 spiro atoms. The van der Waals surface area contributed by atoms with Gasteiger partial charge in [0.25, 0.3) is 0 Å². The highest BCUT2D eigenvalue weighted by molar-refractivity contribution is 6.31. The Morgan fingerprint density at radius 2 is 2.05 bits per heavy atom. The molecule has 0 atom stereocenters. The number of pyridine rings is 1. The number of halogens is 1. The van der Waals surface area contributed by atoms with E-state index in [9.17, 15) is 4.79 Å². The van der Waals surface area contributed by atoms with E-state index in [0.717, 1.165) is 42.3 Å². The van der Waals surface area contributed by atoms with Crippen molar-refractivity contribution in [2.75, 3.05) is 13.1 Å². The summed E-state index contributed by atoms with van der Waals surface area (Å²) < 4.78 is 0. The van der Waals surface area contributed by atoms with Crippen LogP contribution in [0.5, 0.6) is 0 Å². The van der Waals surface area contributed by atoms with Crippen LogP contribution in [0, 0.1) is 12.8 Å². The van der Waals surface area contributed by atoms with E-state index in [-0.39, 0.29) is 5.43 Å². The first-order valence-corrected chi connectivity index (χ1v) is 7.96. The molecule has 2 heterocycles. The molecule has 0 unspecified atom stereocenters. The molecule has 112 valence electrons. The second-order valence-electron chi connectivity index (χ2n) is 6.21. The lowest BCUT2D eigenvalue weighted by Crippen LogP contribution is -2.34. The molecule has 1 fully saturated rings. The standard InChI is InChI=1S/C17H21ClN2O/c1-11-5-7-20(8-6-11)10-15-12(2)19-16-4-3-13(18)9-14(16)17(15)21/h3-4,9,11H,5-8,10H2,1-2H3,(H,19,21). The third-order valence-electron chi connectivity index (χ3n) is 4.53. The van der Waals surface area contributed by atoms with Gasteiger partial charge in [-0.1, -0.05) is 18.5 Å². The Kier molecular flexibility index (Phi) is 4.05. The summed E-state index contributed by atoms with van der Waals surface area (Å²) in [5.74, 6) is 0.802. The lowest BCUT2D eigenvalue weighted by Gasteiger charge is -2.30. The maximum atomic E-state index is 12.7. The Bertz CT molecular complexity index is 715. The van der Waals surface area contributed by atoms with Crippen molar-refractivity contribution in [1.29, 1.82) is 0 Å². The molecule has 0 saturated carbocycles. The van der Waals surface area contributed by atoms with Crippen molar-refractivity contribution < 1.29 is 0 Å². The number of aryl methyl sites for hydroxylation is 1. The summed E-state index contributed by atoms with van der Waals surface area (Å²) in [6, 6.07) is 5.44. The van der Waals surface area contributed by atoms with Crippen LogP contribution in [0.15, 0.2) is 23.0 Å². The first kappa shape index (κ1) is 14.6. The molecule has 2 aromatic rings. The van der Waals surface area contributed by atoms with Gasteiger partial charge in [-0.15, -0.1) is 0 Å². The van der Waals surface area contributed by atoms with Gasteiger partial charge in [-0.25, -0.2) is 0 Å². The van der Waals surface area contributed by atoms with E-state index in [2.05, 4.69) is 16.8 Å². The van der Waals surface area contributed by atoms with Crippen LogP contribution in [0.1, 0.15) is 31.0 Å². The zero-order valence-corrected chi connectivity index (χ0v) is 13.3. The number of nitrogens with zero attached hydrogens (tertiary/aromatic N) is 1. The van der Waals surface area contributed by atoms with Crippen LogP contribution >= 0.6 is 11.6 Å². The van der Waals surface area contributed by atoms with Crippen LogP contribution in [-0.4, -0.2) is 23.0 Å². The number of hydrogen-bond acceptors (Lipinski definition) is 2. The number of H-pyrrole nitrogens is 1. The van der Waals surface area contributed by atoms with Crippen LogP contribution in [0.4, 0.5) is 0 Å². The van der Waals surface area contributed by atoms with Crippen molar-refractivity contribution >= 4 is 22.5 Å². The maximum Gasteiger partial charge on any atom is 0.194 e. The highest BCUT2D eigenvalue weighted by atomic mass is 35.5. The van der Waals surface area contributed by atoms with Gasteiger partial charge in [0.05, 0.1) is 0 Å². The van der Waals surface area contributed by atoms with Crippen LogP contribution in [0.25, 0.3) is 10.9 Å². The Morgan fingerprint density at radius 3 is 2.76 bits per heavy atom. The second kappa shape index (κ2) is 5.82. The van der Waals surface area contributed by atoms with Crippen molar-refractivity contribution in [1.82, 2.24) is 9.88 Å². The summed E-state index contributed by atoms with van der Waals surface area (Å²) in [5.41, 5.74) is 2.81. The summed E-state index contributed by atoms with van der Waals surface area (Å²) in [4.78, 5) is 18.5. The lowest BCUT2D eigenvalue weighted by molar-refractivity contribution is 0.184. The molecular weight excluding hydrogens is 284 g/mol. The van der Waals surface area contributed by atoms with Gasteiger partial charge in [0.1, 0.15) is 0 Å². The number of nitrogens with one attached hydrogen (secondary N) is 1. The fourth-order valence-electron chi connectivity index (χ4n) is 3.06. The molecule has 3 nitrogen and oxygen atoms in total. The minimum atomic E-state index is 0.113. The summed E-state index contributed by atoms with van der Waals surface area (Å²) >= 11 is 6.03. The molecule has 3 rings (SSSR count). The third kappa shape index (κ3) is 2.99. The number of aromatic amines is 1. The van der Waals surface area contributed by atoms with E-state index in [0.29, 0.717) is 10.4 Å². The third-order valence-corrected chi connectivity index (χ3v) is 4.77. The van der Waals surface area contributed by atoms with E-state index in [1.165, 1.54) is 12.8 Å². The Balaban J connectivity index is 1.96. The highest BCUT2D eigenvalue weighted by Gasteiger charge is 2.18. The number of hydrogen-bond donors (Lipinski definition) is 1. The SMILES string of the molecule is Cc1[nH]c2ccc(Cl)cc2c(=O)c1CN1CCC(C)CC1. The first-order chi connectivity index (χ1) is 10.0. The van der Waals surface area contributed by atoms with Crippen LogP contribution in [-0.2, 0) is 6.54 Å². The monoisotopic (exact) mass is 304 g/mol. The van der Waals surface area contributed by atoms with Gasteiger partial charge >= 0.3 is 0 Å². The van der Waals surface area contributed by atoms with Gasteiger partial charge in [0.15, 0.2) is 5.43 Å². The molecule has 21 heavy (non-hydrogen) atoms. The van der Waals surface area contributed by atoms with Gasteiger partial charge in [0, 0.05) is 33.7 Å². The molecule has 1 aliphatic heterocycles. The minimum Gasteiger partial charge on any atom is -0.358 e. The first-order valence-electron chi connectivity index (χ1n) is 7.58. The van der Waals surface area contributed by atoms with Crippen molar-refractivity contribution in [2.45, 2.75) is 33.2 Å². The lowest BCUT2D eigenvalue weighted by atomic mass is 9.98. The summed E-state index contributed by atoms with van der Waals surface area (Å²) in [6.45, 7) is 7.17. The number of likely N-dealkylation sites (tertiary alicyclic amines) is 1. The molecule has 0 bridgehead atoms. The summed E-state index contributed by atoms with van der Waals surface area (Å²) in [5, 5.41) is 1.29. The Morgan fingerprint density at radius 1 is 1.33 bits per heavy atom. The molecular formula is C17H21ClN2O. The van der Waals surface area contributed by atoms with Gasteiger partial charge in [-0.05, 0) is 57.0 Å². The van der Waals surface area contributed by atoms with Crippen molar-refractivity contribution in [2.24, 2.45) is 5.92 Å². The van der Waals surface area contributed by atoms with Gasteiger partial charge < -0.3 is 4.98 Å². The molecule has 1 aliphatic rings. The second-order valence-corrected chi connectivity index (χ2v) is 6.64. The molecule has 0 amide bonds. The molecule has 1 aromatic carbocycles. The maximum absolute atomic E-state index is 12.7. The molecule has 1 saturated heterocycles. The number of piperidine rings is 1. The smallest absolute Gasteiger partial charge is 0.194 e. The molecule has 1 aromatic heterocycles. The predicted molar refractivity (Wildman–Crippen MR) is 88.0 cm³/mol. The molecule has 0 aliphatic carbocycles. The van der Waals surface area contributed by atoms with Gasteiger partial charge in [0.2, 0.25) is 0 Å². The van der Waals surface area contributed by atoms with E-state index in [1.807, 2.05) is 19.1 Å². The normalized spacial score (nSPS) is 17.5. The van der Waals surface area contributed by atoms with Crippen molar-refractivity contribution in [3.63, 3.8) is 0 Å². The van der Waals surface area contributed by atoms with Crippen LogP contribution < -0.4 is 5.43 Å². The van der Waals surface area contributed by atoms with E-state index in [1.54, 1.807) is 6.07 Å². The largest absolute Gasteiger partial charge is 0.358 e. The van der Waals surface area contributed by atoms with Crippen LogP contribution in [0.2, 0.25) is 5.02 Å². The fourth-order valence-corrected chi connectivity index (χ4v) is 3.23. The zero-order chi connectivity index (χ0) is 15.0. The minimum absolute atomic E-state index is 0.113. The topological polar surface area (TPSA) is 36.1 Å². The highest BCUT2D eigenvalue weighted by Crippen LogP contribution is 2.20. The Labute approximate surface area is 129 Å². The average molecular weight is 305 g/mol. The summed E-state index contributed by atoms with van der Waals surface area (Å²) in [6.07, 6.45) is 2.44. The van der Waals surface area contributed by atoms with Crippen molar-refractivity contribution in [3.8, 4) is 0 Å². The number of benzene rings is 1.